The lowest BCUT2D eigenvalue weighted by Crippen LogP contribution is -2.19. The molecule has 14 heavy (non-hydrogen) atoms. The summed E-state index contributed by atoms with van der Waals surface area (Å²) in [4.78, 5) is 11.1. The number of ether oxygens (including phenoxy) is 2. The summed E-state index contributed by atoms with van der Waals surface area (Å²) in [6, 6.07) is 0. The monoisotopic (exact) mass is 200 g/mol. The minimum absolute atomic E-state index is 0.0890. The van der Waals surface area contributed by atoms with Crippen molar-refractivity contribution in [2.45, 2.75) is 52.1 Å². The van der Waals surface area contributed by atoms with Crippen molar-refractivity contribution < 1.29 is 14.3 Å². The fourth-order valence-electron chi connectivity index (χ4n) is 1.77. The Morgan fingerprint density at radius 2 is 1.93 bits per heavy atom. The van der Waals surface area contributed by atoms with Crippen LogP contribution in [-0.4, -0.2) is 18.9 Å². The van der Waals surface area contributed by atoms with Crippen LogP contribution in [0.5, 0.6) is 0 Å². The molecule has 1 aliphatic rings. The first-order valence-corrected chi connectivity index (χ1v) is 5.52. The molecule has 0 aliphatic heterocycles. The number of rotatable bonds is 3. The summed E-state index contributed by atoms with van der Waals surface area (Å²) in [5.41, 5.74) is 0. The Bertz CT molecular complexity index is 171. The summed E-state index contributed by atoms with van der Waals surface area (Å²) in [5.74, 6) is 0.559. The Balaban J connectivity index is 2.09. The third-order valence-electron chi connectivity index (χ3n) is 2.49. The van der Waals surface area contributed by atoms with Gasteiger partial charge in [0.2, 0.25) is 0 Å². The Morgan fingerprint density at radius 1 is 1.29 bits per heavy atom. The van der Waals surface area contributed by atoms with E-state index < -0.39 is 6.16 Å². The summed E-state index contributed by atoms with van der Waals surface area (Å²) < 4.78 is 9.91. The smallest absolute Gasteiger partial charge is 0.434 e. The molecular weight excluding hydrogens is 180 g/mol. The summed E-state index contributed by atoms with van der Waals surface area (Å²) in [7, 11) is 0. The first-order chi connectivity index (χ1) is 6.68. The Morgan fingerprint density at radius 3 is 2.50 bits per heavy atom. The maximum Gasteiger partial charge on any atom is 0.508 e. The molecule has 0 bridgehead atoms. The molecule has 0 atom stereocenters. The van der Waals surface area contributed by atoms with Gasteiger partial charge in [-0.2, -0.15) is 0 Å². The van der Waals surface area contributed by atoms with Gasteiger partial charge in [0.15, 0.2) is 0 Å². The molecule has 82 valence electrons. The first kappa shape index (κ1) is 11.3. The van der Waals surface area contributed by atoms with Crippen LogP contribution in [0.4, 0.5) is 4.79 Å². The zero-order valence-corrected chi connectivity index (χ0v) is 9.12. The predicted octanol–water partition coefficient (Wildman–Crippen LogP) is 3.13. The maximum atomic E-state index is 11.1. The average molecular weight is 200 g/mol. The zero-order valence-electron chi connectivity index (χ0n) is 9.12. The highest BCUT2D eigenvalue weighted by Crippen LogP contribution is 2.23. The number of carbonyl (C=O) groups excluding carboxylic acids is 1. The molecule has 0 radical (unpaired) electrons. The summed E-state index contributed by atoms with van der Waals surface area (Å²) in [5, 5.41) is 0. The standard InChI is InChI=1S/C11H20O3/c1-9(2)14-11(12)13-8-10-6-4-3-5-7-10/h9-10H,3-8H2,1-2H3. The van der Waals surface area contributed by atoms with Crippen molar-refractivity contribution >= 4 is 6.16 Å². The van der Waals surface area contributed by atoms with Crippen LogP contribution in [0.3, 0.4) is 0 Å². The molecule has 0 aromatic carbocycles. The molecule has 0 aromatic heterocycles. The van der Waals surface area contributed by atoms with E-state index in [-0.39, 0.29) is 6.10 Å². The van der Waals surface area contributed by atoms with Gasteiger partial charge in [-0.1, -0.05) is 19.3 Å². The maximum absolute atomic E-state index is 11.1. The zero-order chi connectivity index (χ0) is 10.4. The van der Waals surface area contributed by atoms with Gasteiger partial charge < -0.3 is 9.47 Å². The van der Waals surface area contributed by atoms with Gasteiger partial charge in [0.1, 0.15) is 0 Å². The van der Waals surface area contributed by atoms with Crippen LogP contribution in [0, 0.1) is 5.92 Å². The molecule has 0 spiro atoms. The van der Waals surface area contributed by atoms with E-state index >= 15 is 0 Å². The van der Waals surface area contributed by atoms with Gasteiger partial charge in [-0.15, -0.1) is 0 Å². The molecule has 0 unspecified atom stereocenters. The third kappa shape index (κ3) is 4.49. The Hall–Kier alpha value is -0.730. The number of carbonyl (C=O) groups is 1. The molecule has 3 nitrogen and oxygen atoms in total. The molecule has 3 heteroatoms. The number of hydrogen-bond acceptors (Lipinski definition) is 3. The second-order valence-corrected chi connectivity index (χ2v) is 4.23. The molecule has 0 N–H and O–H groups in total. The molecule has 1 rings (SSSR count). The molecule has 0 heterocycles. The summed E-state index contributed by atoms with van der Waals surface area (Å²) >= 11 is 0. The van der Waals surface area contributed by atoms with Gasteiger partial charge in [0.25, 0.3) is 0 Å². The predicted molar refractivity (Wildman–Crippen MR) is 54.1 cm³/mol. The van der Waals surface area contributed by atoms with Crippen molar-refractivity contribution in [1.82, 2.24) is 0 Å². The van der Waals surface area contributed by atoms with Gasteiger partial charge in [0.05, 0.1) is 12.7 Å². The molecular formula is C11H20O3. The highest BCUT2D eigenvalue weighted by molar-refractivity contribution is 5.59. The van der Waals surface area contributed by atoms with E-state index in [9.17, 15) is 4.79 Å². The van der Waals surface area contributed by atoms with E-state index in [4.69, 9.17) is 9.47 Å². The summed E-state index contributed by atoms with van der Waals surface area (Å²) in [6.45, 7) is 4.18. The van der Waals surface area contributed by atoms with Crippen LogP contribution in [0.2, 0.25) is 0 Å². The van der Waals surface area contributed by atoms with Crippen molar-refractivity contribution in [2.75, 3.05) is 6.61 Å². The largest absolute Gasteiger partial charge is 0.508 e. The van der Waals surface area contributed by atoms with Gasteiger partial charge in [0, 0.05) is 0 Å². The van der Waals surface area contributed by atoms with Crippen LogP contribution in [0.15, 0.2) is 0 Å². The molecule has 1 saturated carbocycles. The van der Waals surface area contributed by atoms with Crippen LogP contribution < -0.4 is 0 Å². The normalized spacial score (nSPS) is 18.2. The minimum Gasteiger partial charge on any atom is -0.434 e. The average Bonchev–Trinajstić information content (AvgIpc) is 2.15. The number of hydrogen-bond donors (Lipinski definition) is 0. The van der Waals surface area contributed by atoms with E-state index in [2.05, 4.69) is 0 Å². The van der Waals surface area contributed by atoms with Gasteiger partial charge in [-0.05, 0) is 32.6 Å². The van der Waals surface area contributed by atoms with E-state index in [0.717, 1.165) is 0 Å². The SMILES string of the molecule is CC(C)OC(=O)OCC1CCCCC1. The van der Waals surface area contributed by atoms with Crippen molar-refractivity contribution in [2.24, 2.45) is 5.92 Å². The second-order valence-electron chi connectivity index (χ2n) is 4.23. The highest BCUT2D eigenvalue weighted by atomic mass is 16.7. The van der Waals surface area contributed by atoms with Gasteiger partial charge >= 0.3 is 6.16 Å². The molecule has 0 aromatic rings. The van der Waals surface area contributed by atoms with Crippen LogP contribution >= 0.6 is 0 Å². The van der Waals surface area contributed by atoms with Gasteiger partial charge in [-0.3, -0.25) is 0 Å². The van der Waals surface area contributed by atoms with Crippen LogP contribution in [0.25, 0.3) is 0 Å². The Labute approximate surface area is 85.8 Å². The third-order valence-corrected chi connectivity index (χ3v) is 2.49. The Kier molecular flexibility index (Phi) is 4.77. The molecule has 0 amide bonds. The molecule has 1 fully saturated rings. The first-order valence-electron chi connectivity index (χ1n) is 5.52. The fraction of sp³-hybridized carbons (Fsp3) is 0.909. The highest BCUT2D eigenvalue weighted by Gasteiger charge is 2.16. The lowest BCUT2D eigenvalue weighted by Gasteiger charge is -2.21. The molecule has 1 aliphatic carbocycles. The fourth-order valence-corrected chi connectivity index (χ4v) is 1.77. The van der Waals surface area contributed by atoms with Gasteiger partial charge in [-0.25, -0.2) is 4.79 Å². The lowest BCUT2D eigenvalue weighted by atomic mass is 9.90. The van der Waals surface area contributed by atoms with E-state index in [1.54, 1.807) is 0 Å². The van der Waals surface area contributed by atoms with Crippen molar-refractivity contribution in [3.05, 3.63) is 0 Å². The topological polar surface area (TPSA) is 35.5 Å². The summed E-state index contributed by atoms with van der Waals surface area (Å²) in [6.07, 6.45) is 5.64. The minimum atomic E-state index is -0.523. The second kappa shape index (κ2) is 5.89. The van der Waals surface area contributed by atoms with Crippen molar-refractivity contribution in [3.63, 3.8) is 0 Å². The van der Waals surface area contributed by atoms with Crippen molar-refractivity contribution in [3.8, 4) is 0 Å². The van der Waals surface area contributed by atoms with E-state index in [0.29, 0.717) is 12.5 Å². The molecule has 0 saturated heterocycles. The van der Waals surface area contributed by atoms with Crippen LogP contribution in [-0.2, 0) is 9.47 Å². The lowest BCUT2D eigenvalue weighted by molar-refractivity contribution is 0.0219. The van der Waals surface area contributed by atoms with E-state index in [1.807, 2.05) is 13.8 Å². The van der Waals surface area contributed by atoms with E-state index in [1.165, 1.54) is 32.1 Å². The quantitative estimate of drug-likeness (QED) is 0.656. The van der Waals surface area contributed by atoms with Crippen molar-refractivity contribution in [1.29, 1.82) is 0 Å². The van der Waals surface area contributed by atoms with Crippen LogP contribution in [0.1, 0.15) is 46.0 Å².